The molecular formula is C29H36N2O6. The van der Waals surface area contributed by atoms with Crippen molar-refractivity contribution < 1.29 is 29.0 Å². The zero-order valence-electron chi connectivity index (χ0n) is 21.7. The molecule has 198 valence electrons. The van der Waals surface area contributed by atoms with E-state index >= 15 is 0 Å². The normalized spacial score (nSPS) is 34.0. The third-order valence-corrected chi connectivity index (χ3v) is 8.10. The topological polar surface area (TPSA) is 96.4 Å². The van der Waals surface area contributed by atoms with Crippen molar-refractivity contribution in [3.63, 3.8) is 0 Å². The van der Waals surface area contributed by atoms with Crippen LogP contribution in [0, 0.1) is 17.8 Å². The Morgan fingerprint density at radius 3 is 2.51 bits per heavy atom. The van der Waals surface area contributed by atoms with E-state index in [2.05, 4.69) is 0 Å². The third kappa shape index (κ3) is 4.20. The van der Waals surface area contributed by atoms with Crippen LogP contribution in [-0.2, 0) is 30.4 Å². The summed E-state index contributed by atoms with van der Waals surface area (Å²) >= 11 is 0. The minimum Gasteiger partial charge on any atom is -0.465 e. The van der Waals surface area contributed by atoms with Gasteiger partial charge in [0.25, 0.3) is 0 Å². The van der Waals surface area contributed by atoms with Crippen molar-refractivity contribution in [1.29, 1.82) is 0 Å². The predicted molar refractivity (Wildman–Crippen MR) is 136 cm³/mol. The summed E-state index contributed by atoms with van der Waals surface area (Å²) in [5, 5.41) is 10.4. The lowest BCUT2D eigenvalue weighted by Crippen LogP contribution is -2.58. The number of rotatable bonds is 6. The molecule has 0 aromatic heterocycles. The maximum atomic E-state index is 14.4. The van der Waals surface area contributed by atoms with Gasteiger partial charge in [-0.25, -0.2) is 0 Å². The third-order valence-electron chi connectivity index (χ3n) is 8.10. The van der Waals surface area contributed by atoms with E-state index in [9.17, 15) is 19.5 Å². The number of fused-ring (bicyclic) bond motifs is 2. The lowest BCUT2D eigenvalue weighted by molar-refractivity contribution is -0.162. The molecule has 1 unspecified atom stereocenters. The van der Waals surface area contributed by atoms with E-state index in [0.717, 1.165) is 5.56 Å². The average Bonchev–Trinajstić information content (AvgIpc) is 3.19. The molecule has 0 saturated carbocycles. The Bertz CT molecular complexity index is 1120. The Kier molecular flexibility index (Phi) is 6.75. The summed E-state index contributed by atoms with van der Waals surface area (Å²) in [6.45, 7) is 6.49. The highest BCUT2D eigenvalue weighted by Gasteiger charge is 2.75. The second kappa shape index (κ2) is 9.72. The van der Waals surface area contributed by atoms with E-state index in [1.165, 1.54) is 4.90 Å². The SMILES string of the molecule is CC(C)C[C@H](CO)N1C(=O)[C@@H]2[C@H]3C(=O)OCCC=C[C@@]3(C)O[C@@]23C=CCN(Cc2ccccc2)C(=O)C13. The Balaban J connectivity index is 1.63. The van der Waals surface area contributed by atoms with Gasteiger partial charge in [-0.15, -0.1) is 0 Å². The molecule has 6 atom stereocenters. The molecule has 1 spiro atoms. The summed E-state index contributed by atoms with van der Waals surface area (Å²) in [6.07, 6.45) is 8.53. The van der Waals surface area contributed by atoms with Gasteiger partial charge in [0.1, 0.15) is 17.6 Å². The van der Waals surface area contributed by atoms with Gasteiger partial charge in [0.2, 0.25) is 11.8 Å². The van der Waals surface area contributed by atoms with E-state index in [1.54, 1.807) is 11.8 Å². The Morgan fingerprint density at radius 1 is 1.05 bits per heavy atom. The summed E-state index contributed by atoms with van der Waals surface area (Å²) in [7, 11) is 0. The second-order valence-corrected chi connectivity index (χ2v) is 11.2. The Hall–Kier alpha value is -2.97. The zero-order valence-corrected chi connectivity index (χ0v) is 21.7. The molecule has 1 aromatic carbocycles. The van der Waals surface area contributed by atoms with Crippen LogP contribution in [-0.4, -0.2) is 75.7 Å². The summed E-state index contributed by atoms with van der Waals surface area (Å²) in [5.74, 6) is -2.74. The van der Waals surface area contributed by atoms with Crippen LogP contribution in [0.2, 0.25) is 0 Å². The van der Waals surface area contributed by atoms with Gasteiger partial charge in [0.15, 0.2) is 0 Å². The van der Waals surface area contributed by atoms with Crippen molar-refractivity contribution in [2.24, 2.45) is 17.8 Å². The quantitative estimate of drug-likeness (QED) is 0.469. The maximum Gasteiger partial charge on any atom is 0.313 e. The first-order valence-electron chi connectivity index (χ1n) is 13.2. The number of carbonyl (C=O) groups is 3. The molecule has 0 aliphatic carbocycles. The molecule has 2 amide bonds. The van der Waals surface area contributed by atoms with E-state index in [1.807, 2.05) is 68.5 Å². The number of ether oxygens (including phenoxy) is 2. The monoisotopic (exact) mass is 508 g/mol. The fourth-order valence-corrected chi connectivity index (χ4v) is 6.63. The fourth-order valence-electron chi connectivity index (χ4n) is 6.63. The lowest BCUT2D eigenvalue weighted by Gasteiger charge is -2.40. The van der Waals surface area contributed by atoms with Crippen LogP contribution in [0.3, 0.4) is 0 Å². The molecule has 2 saturated heterocycles. The lowest BCUT2D eigenvalue weighted by atomic mass is 9.74. The molecule has 5 rings (SSSR count). The van der Waals surface area contributed by atoms with Crippen molar-refractivity contribution in [3.8, 4) is 0 Å². The number of amides is 2. The Morgan fingerprint density at radius 2 is 1.81 bits per heavy atom. The second-order valence-electron chi connectivity index (χ2n) is 11.2. The van der Waals surface area contributed by atoms with Crippen molar-refractivity contribution in [3.05, 3.63) is 60.2 Å². The van der Waals surface area contributed by atoms with E-state index in [4.69, 9.17) is 9.47 Å². The van der Waals surface area contributed by atoms with Gasteiger partial charge >= 0.3 is 5.97 Å². The maximum absolute atomic E-state index is 14.4. The molecule has 0 radical (unpaired) electrons. The largest absolute Gasteiger partial charge is 0.465 e. The van der Waals surface area contributed by atoms with Crippen LogP contribution >= 0.6 is 0 Å². The molecule has 37 heavy (non-hydrogen) atoms. The van der Waals surface area contributed by atoms with Crippen LogP contribution in [0.15, 0.2) is 54.6 Å². The molecular weight excluding hydrogens is 472 g/mol. The average molecular weight is 509 g/mol. The van der Waals surface area contributed by atoms with Crippen molar-refractivity contribution in [2.75, 3.05) is 19.8 Å². The first kappa shape index (κ1) is 25.7. The van der Waals surface area contributed by atoms with Crippen molar-refractivity contribution in [1.82, 2.24) is 9.80 Å². The van der Waals surface area contributed by atoms with Gasteiger partial charge < -0.3 is 24.4 Å². The number of hydrogen-bond donors (Lipinski definition) is 1. The summed E-state index contributed by atoms with van der Waals surface area (Å²) in [5.41, 5.74) is -1.48. The molecule has 0 bridgehead atoms. The smallest absolute Gasteiger partial charge is 0.313 e. The minimum atomic E-state index is -1.35. The van der Waals surface area contributed by atoms with Gasteiger partial charge in [-0.05, 0) is 31.2 Å². The van der Waals surface area contributed by atoms with E-state index in [0.29, 0.717) is 25.9 Å². The summed E-state index contributed by atoms with van der Waals surface area (Å²) in [4.78, 5) is 45.2. The van der Waals surface area contributed by atoms with E-state index in [-0.39, 0.29) is 30.9 Å². The molecule has 4 aliphatic heterocycles. The van der Waals surface area contributed by atoms with Crippen molar-refractivity contribution in [2.45, 2.75) is 63.4 Å². The number of hydrogen-bond acceptors (Lipinski definition) is 6. The van der Waals surface area contributed by atoms with Gasteiger partial charge in [0.05, 0.1) is 30.8 Å². The number of carbonyl (C=O) groups excluding carboxylic acids is 3. The van der Waals surface area contributed by atoms with Crippen LogP contribution in [0.25, 0.3) is 0 Å². The van der Waals surface area contributed by atoms with E-state index < -0.39 is 41.1 Å². The van der Waals surface area contributed by atoms with Gasteiger partial charge in [-0.1, -0.05) is 68.5 Å². The highest BCUT2D eigenvalue weighted by Crippen LogP contribution is 2.57. The standard InChI is InChI=1S/C29H36N2O6/c1-19(2)16-21(18-32)31-24-26(34)30(17-20-10-5-4-6-11-20)14-9-13-29(24)22(25(31)33)23-27(35)36-15-8-7-12-28(23,3)37-29/h4-7,9-13,19,21-24,32H,8,14-18H2,1-3H3/t21-,22+,23+,24?,28-,29+/m1/s1. The van der Waals surface area contributed by atoms with Crippen LogP contribution in [0.4, 0.5) is 0 Å². The minimum absolute atomic E-state index is 0.179. The van der Waals surface area contributed by atoms with Crippen molar-refractivity contribution >= 4 is 17.8 Å². The summed E-state index contributed by atoms with van der Waals surface area (Å²) < 4.78 is 12.3. The number of nitrogens with zero attached hydrogens (tertiary/aromatic N) is 2. The van der Waals surface area contributed by atoms with Crippen LogP contribution in [0.5, 0.6) is 0 Å². The van der Waals surface area contributed by atoms with Crippen LogP contribution < -0.4 is 0 Å². The van der Waals surface area contributed by atoms with Gasteiger partial charge in [0, 0.05) is 13.1 Å². The number of aliphatic hydroxyl groups excluding tert-OH is 1. The molecule has 4 aliphatic rings. The van der Waals surface area contributed by atoms with Gasteiger partial charge in [-0.2, -0.15) is 0 Å². The number of likely N-dealkylation sites (tertiary alicyclic amines) is 1. The fraction of sp³-hybridized carbons (Fsp3) is 0.552. The predicted octanol–water partition coefficient (Wildman–Crippen LogP) is 2.47. The first-order valence-corrected chi connectivity index (χ1v) is 13.2. The summed E-state index contributed by atoms with van der Waals surface area (Å²) in [6, 6.07) is 8.12. The molecule has 1 N–H and O–H groups in total. The molecule has 8 heteroatoms. The first-order chi connectivity index (χ1) is 17.7. The highest BCUT2D eigenvalue weighted by molar-refractivity contribution is 5.99. The molecule has 4 heterocycles. The molecule has 8 nitrogen and oxygen atoms in total. The Labute approximate surface area is 217 Å². The number of benzene rings is 1. The molecule has 2 fully saturated rings. The van der Waals surface area contributed by atoms with Gasteiger partial charge in [-0.3, -0.25) is 14.4 Å². The van der Waals surface area contributed by atoms with Crippen LogP contribution in [0.1, 0.15) is 39.2 Å². The zero-order chi connectivity index (χ0) is 26.4. The number of aliphatic hydroxyl groups is 1. The number of cyclic esters (lactones) is 1. The molecule has 1 aromatic rings. The highest BCUT2D eigenvalue weighted by atomic mass is 16.6. The number of esters is 1.